The van der Waals surface area contributed by atoms with Crippen LogP contribution < -0.4 is 4.74 Å². The van der Waals surface area contributed by atoms with Crippen LogP contribution in [0.1, 0.15) is 35.5 Å². The van der Waals surface area contributed by atoms with Crippen LogP contribution in [-0.4, -0.2) is 11.9 Å². The molecule has 3 heteroatoms. The molecule has 2 rings (SSSR count). The molecule has 94 valence electrons. The molecule has 0 radical (unpaired) electrons. The topological polar surface area (TPSA) is 39.4 Å². The lowest BCUT2D eigenvalue weighted by Gasteiger charge is -2.09. The average molecular weight is 244 g/mol. The van der Waals surface area contributed by atoms with Crippen molar-refractivity contribution in [2.24, 2.45) is 0 Å². The average Bonchev–Trinajstić information content (AvgIpc) is 2.75. The van der Waals surface area contributed by atoms with Gasteiger partial charge in [-0.1, -0.05) is 0 Å². The van der Waals surface area contributed by atoms with Gasteiger partial charge in [-0.05, 0) is 56.7 Å². The second kappa shape index (κ2) is 5.08. The molecule has 3 nitrogen and oxygen atoms in total. The Morgan fingerprint density at radius 1 is 1.17 bits per heavy atom. The van der Waals surface area contributed by atoms with Gasteiger partial charge in [0.15, 0.2) is 5.76 Å². The number of aryl methyl sites for hydroxylation is 1. The van der Waals surface area contributed by atoms with Crippen LogP contribution in [0, 0.1) is 6.92 Å². The van der Waals surface area contributed by atoms with E-state index in [1.165, 1.54) is 6.26 Å². The van der Waals surface area contributed by atoms with Crippen LogP contribution in [0.4, 0.5) is 0 Å². The summed E-state index contributed by atoms with van der Waals surface area (Å²) in [6, 6.07) is 8.88. The zero-order valence-corrected chi connectivity index (χ0v) is 10.8. The Bertz CT molecular complexity index is 535. The fourth-order valence-electron chi connectivity index (χ4n) is 1.69. The van der Waals surface area contributed by atoms with Crippen LogP contribution in [0.2, 0.25) is 0 Å². The van der Waals surface area contributed by atoms with Gasteiger partial charge in [0.2, 0.25) is 5.78 Å². The molecule has 0 fully saturated rings. The quantitative estimate of drug-likeness (QED) is 0.771. The predicted octanol–water partition coefficient (Wildman–Crippen LogP) is 3.61. The fraction of sp³-hybridized carbons (Fsp3) is 0.267. The van der Waals surface area contributed by atoms with Crippen molar-refractivity contribution in [2.75, 3.05) is 0 Å². The largest absolute Gasteiger partial charge is 0.491 e. The normalized spacial score (nSPS) is 10.7. The molecule has 0 aliphatic carbocycles. The number of ketones is 1. The number of carbonyl (C=O) groups excluding carboxylic acids is 1. The number of carbonyl (C=O) groups is 1. The van der Waals surface area contributed by atoms with E-state index in [2.05, 4.69) is 0 Å². The van der Waals surface area contributed by atoms with Gasteiger partial charge < -0.3 is 9.15 Å². The molecule has 1 heterocycles. The van der Waals surface area contributed by atoms with E-state index in [9.17, 15) is 4.79 Å². The highest BCUT2D eigenvalue weighted by molar-refractivity contribution is 6.07. The Hall–Kier alpha value is -2.03. The molecule has 0 saturated carbocycles. The monoisotopic (exact) mass is 244 g/mol. The number of hydrogen-bond donors (Lipinski definition) is 0. The van der Waals surface area contributed by atoms with Crippen molar-refractivity contribution in [3.63, 3.8) is 0 Å². The van der Waals surface area contributed by atoms with Crippen LogP contribution in [0.15, 0.2) is 41.0 Å². The van der Waals surface area contributed by atoms with Gasteiger partial charge in [0.25, 0.3) is 0 Å². The summed E-state index contributed by atoms with van der Waals surface area (Å²) in [6.45, 7) is 5.78. The summed E-state index contributed by atoms with van der Waals surface area (Å²) in [4.78, 5) is 12.1. The van der Waals surface area contributed by atoms with E-state index in [4.69, 9.17) is 9.15 Å². The Kier molecular flexibility index (Phi) is 3.51. The highest BCUT2D eigenvalue weighted by Crippen LogP contribution is 2.18. The molecular weight excluding hydrogens is 228 g/mol. The summed E-state index contributed by atoms with van der Waals surface area (Å²) in [5, 5.41) is 0. The van der Waals surface area contributed by atoms with E-state index in [0.717, 1.165) is 11.3 Å². The zero-order chi connectivity index (χ0) is 13.1. The van der Waals surface area contributed by atoms with Gasteiger partial charge >= 0.3 is 0 Å². The highest BCUT2D eigenvalue weighted by atomic mass is 16.5. The standard InChI is InChI=1S/C15H16O3/c1-10(2)18-13-6-4-12(5-7-13)14(16)15-11(3)8-9-17-15/h4-10H,1-3H3. The number of rotatable bonds is 4. The lowest BCUT2D eigenvalue weighted by Crippen LogP contribution is -2.06. The molecule has 0 aliphatic rings. The lowest BCUT2D eigenvalue weighted by atomic mass is 10.1. The number of furan rings is 1. The van der Waals surface area contributed by atoms with E-state index in [-0.39, 0.29) is 11.9 Å². The van der Waals surface area contributed by atoms with Gasteiger partial charge in [0, 0.05) is 5.56 Å². The summed E-state index contributed by atoms with van der Waals surface area (Å²) in [6.07, 6.45) is 1.65. The molecule has 18 heavy (non-hydrogen) atoms. The van der Waals surface area contributed by atoms with Gasteiger partial charge in [0.05, 0.1) is 12.4 Å². The molecule has 0 N–H and O–H groups in total. The van der Waals surface area contributed by atoms with E-state index in [0.29, 0.717) is 11.3 Å². The van der Waals surface area contributed by atoms with E-state index >= 15 is 0 Å². The van der Waals surface area contributed by atoms with Crippen molar-refractivity contribution >= 4 is 5.78 Å². The number of ether oxygens (including phenoxy) is 1. The zero-order valence-electron chi connectivity index (χ0n) is 10.8. The SMILES string of the molecule is Cc1ccoc1C(=O)c1ccc(OC(C)C)cc1. The minimum absolute atomic E-state index is 0.103. The molecule has 0 amide bonds. The minimum Gasteiger partial charge on any atom is -0.491 e. The van der Waals surface area contributed by atoms with Crippen LogP contribution in [0.25, 0.3) is 0 Å². The molecule has 0 saturated heterocycles. The molecule has 1 aromatic heterocycles. The smallest absolute Gasteiger partial charge is 0.228 e. The van der Waals surface area contributed by atoms with E-state index in [1.54, 1.807) is 30.3 Å². The molecule has 2 aromatic rings. The van der Waals surface area contributed by atoms with Crippen LogP contribution in [0.5, 0.6) is 5.75 Å². The third kappa shape index (κ3) is 2.62. The first-order chi connectivity index (χ1) is 8.58. The van der Waals surface area contributed by atoms with Crippen molar-refractivity contribution in [1.29, 1.82) is 0 Å². The van der Waals surface area contributed by atoms with Crippen LogP contribution in [0.3, 0.4) is 0 Å². The van der Waals surface area contributed by atoms with Crippen molar-refractivity contribution in [1.82, 2.24) is 0 Å². The Morgan fingerprint density at radius 2 is 1.83 bits per heavy atom. The second-order valence-electron chi connectivity index (χ2n) is 4.45. The second-order valence-corrected chi connectivity index (χ2v) is 4.45. The molecule has 1 aromatic carbocycles. The molecular formula is C15H16O3. The van der Waals surface area contributed by atoms with Gasteiger partial charge in [-0.15, -0.1) is 0 Å². The van der Waals surface area contributed by atoms with Crippen molar-refractivity contribution < 1.29 is 13.9 Å². The fourth-order valence-corrected chi connectivity index (χ4v) is 1.69. The molecule has 0 atom stereocenters. The van der Waals surface area contributed by atoms with Crippen molar-refractivity contribution in [3.05, 3.63) is 53.5 Å². The first-order valence-electron chi connectivity index (χ1n) is 5.93. The van der Waals surface area contributed by atoms with Crippen LogP contribution in [-0.2, 0) is 0 Å². The minimum atomic E-state index is -0.103. The lowest BCUT2D eigenvalue weighted by molar-refractivity contribution is 0.101. The maximum absolute atomic E-state index is 12.1. The predicted molar refractivity (Wildman–Crippen MR) is 69.1 cm³/mol. The maximum Gasteiger partial charge on any atom is 0.228 e. The number of hydrogen-bond acceptors (Lipinski definition) is 3. The van der Waals surface area contributed by atoms with Gasteiger partial charge in [0.1, 0.15) is 5.75 Å². The van der Waals surface area contributed by atoms with Gasteiger partial charge in [-0.2, -0.15) is 0 Å². The Labute approximate surface area is 106 Å². The summed E-state index contributed by atoms with van der Waals surface area (Å²) in [5.41, 5.74) is 1.45. The highest BCUT2D eigenvalue weighted by Gasteiger charge is 2.14. The van der Waals surface area contributed by atoms with E-state index in [1.807, 2.05) is 20.8 Å². The van der Waals surface area contributed by atoms with Gasteiger partial charge in [-0.3, -0.25) is 4.79 Å². The summed E-state index contributed by atoms with van der Waals surface area (Å²) in [5.74, 6) is 1.05. The molecule has 0 bridgehead atoms. The third-order valence-electron chi connectivity index (χ3n) is 2.56. The summed E-state index contributed by atoms with van der Waals surface area (Å²) >= 11 is 0. The van der Waals surface area contributed by atoms with E-state index < -0.39 is 0 Å². The van der Waals surface area contributed by atoms with Crippen molar-refractivity contribution in [3.8, 4) is 5.75 Å². The molecule has 0 aliphatic heterocycles. The Morgan fingerprint density at radius 3 is 2.33 bits per heavy atom. The molecule has 0 spiro atoms. The first-order valence-corrected chi connectivity index (χ1v) is 5.93. The Balaban J connectivity index is 2.20. The maximum atomic E-state index is 12.1. The molecule has 0 unspecified atom stereocenters. The van der Waals surface area contributed by atoms with Gasteiger partial charge in [-0.25, -0.2) is 0 Å². The van der Waals surface area contributed by atoms with Crippen molar-refractivity contribution in [2.45, 2.75) is 26.9 Å². The number of benzene rings is 1. The summed E-state index contributed by atoms with van der Waals surface area (Å²) < 4.78 is 10.7. The van der Waals surface area contributed by atoms with Crippen LogP contribution >= 0.6 is 0 Å². The summed E-state index contributed by atoms with van der Waals surface area (Å²) in [7, 11) is 0. The third-order valence-corrected chi connectivity index (χ3v) is 2.56. The first kappa shape index (κ1) is 12.4.